The zero-order valence-electron chi connectivity index (χ0n) is 24.2. The molecule has 0 aliphatic rings. The van der Waals surface area contributed by atoms with Crippen molar-refractivity contribution in [3.63, 3.8) is 0 Å². The average Bonchev–Trinajstić information content (AvgIpc) is 3.48. The van der Waals surface area contributed by atoms with Gasteiger partial charge in [-0.15, -0.1) is 0 Å². The van der Waals surface area contributed by atoms with Crippen LogP contribution >= 0.6 is 0 Å². The van der Waals surface area contributed by atoms with Crippen LogP contribution in [0.25, 0.3) is 88.8 Å². The summed E-state index contributed by atoms with van der Waals surface area (Å²) in [5.74, 6) is 1.96. The van der Waals surface area contributed by atoms with Crippen molar-refractivity contribution in [3.05, 3.63) is 152 Å². The third kappa shape index (κ3) is 4.43. The van der Waals surface area contributed by atoms with Gasteiger partial charge in [0.1, 0.15) is 11.2 Å². The van der Waals surface area contributed by atoms with Gasteiger partial charge in [0.25, 0.3) is 0 Å². The number of rotatable bonds is 4. The molecule has 0 spiro atoms. The summed E-state index contributed by atoms with van der Waals surface area (Å²) in [6, 6.07) is 52.3. The van der Waals surface area contributed by atoms with Gasteiger partial charge in [-0.3, -0.25) is 0 Å². The third-order valence-electron chi connectivity index (χ3n) is 8.49. The van der Waals surface area contributed by atoms with E-state index in [1.54, 1.807) is 0 Å². The molecule has 45 heavy (non-hydrogen) atoms. The van der Waals surface area contributed by atoms with Crippen molar-refractivity contribution in [3.8, 4) is 45.3 Å². The van der Waals surface area contributed by atoms with Crippen molar-refractivity contribution >= 4 is 43.5 Å². The fourth-order valence-corrected chi connectivity index (χ4v) is 6.22. The van der Waals surface area contributed by atoms with Crippen molar-refractivity contribution in [2.24, 2.45) is 0 Å². The van der Waals surface area contributed by atoms with Crippen LogP contribution in [0.5, 0.6) is 0 Å². The van der Waals surface area contributed by atoms with Gasteiger partial charge in [-0.2, -0.15) is 0 Å². The van der Waals surface area contributed by atoms with Crippen LogP contribution in [0.2, 0.25) is 0 Å². The molecule has 0 N–H and O–H groups in total. The zero-order chi connectivity index (χ0) is 29.7. The predicted octanol–water partition coefficient (Wildman–Crippen LogP) is 10.7. The van der Waals surface area contributed by atoms with E-state index < -0.39 is 0 Å². The Morgan fingerprint density at radius 1 is 0.311 bits per heavy atom. The standard InChI is InChI=1S/C41H25N3O/c1-4-10-26(11-5-1)29-18-21-34-36-25-35-31(24-38(36)45-37(34)23-29)17-16-30-22-32(19-20-33(30)35)41-43-39(27-12-6-2-7-13-27)42-40(44-41)28-14-8-3-9-15-28/h1-25H. The van der Waals surface area contributed by atoms with Crippen LogP contribution in [-0.2, 0) is 0 Å². The average molecular weight is 576 g/mol. The van der Waals surface area contributed by atoms with Crippen LogP contribution in [0, 0.1) is 0 Å². The van der Waals surface area contributed by atoms with Crippen LogP contribution in [0.4, 0.5) is 0 Å². The first-order valence-electron chi connectivity index (χ1n) is 15.0. The first-order valence-corrected chi connectivity index (χ1v) is 15.0. The molecular weight excluding hydrogens is 550 g/mol. The molecule has 9 rings (SSSR count). The summed E-state index contributed by atoms with van der Waals surface area (Å²) < 4.78 is 6.38. The van der Waals surface area contributed by atoms with E-state index in [0.717, 1.165) is 55.0 Å². The minimum Gasteiger partial charge on any atom is -0.456 e. The molecule has 0 saturated heterocycles. The van der Waals surface area contributed by atoms with E-state index in [4.69, 9.17) is 19.4 Å². The first kappa shape index (κ1) is 25.4. The summed E-state index contributed by atoms with van der Waals surface area (Å²) in [5, 5.41) is 6.86. The highest BCUT2D eigenvalue weighted by Gasteiger charge is 2.15. The number of aromatic nitrogens is 3. The Balaban J connectivity index is 1.18. The molecule has 0 saturated carbocycles. The smallest absolute Gasteiger partial charge is 0.164 e. The van der Waals surface area contributed by atoms with E-state index in [1.807, 2.05) is 66.7 Å². The van der Waals surface area contributed by atoms with E-state index in [9.17, 15) is 0 Å². The molecule has 9 aromatic rings. The fourth-order valence-electron chi connectivity index (χ4n) is 6.22. The van der Waals surface area contributed by atoms with Gasteiger partial charge in [-0.25, -0.2) is 15.0 Å². The summed E-state index contributed by atoms with van der Waals surface area (Å²) in [6.45, 7) is 0. The van der Waals surface area contributed by atoms with Crippen molar-refractivity contribution in [1.82, 2.24) is 15.0 Å². The maximum Gasteiger partial charge on any atom is 0.164 e. The summed E-state index contributed by atoms with van der Waals surface area (Å²) in [5.41, 5.74) is 6.97. The molecule has 7 aromatic carbocycles. The molecule has 4 nitrogen and oxygen atoms in total. The van der Waals surface area contributed by atoms with E-state index in [2.05, 4.69) is 84.9 Å². The molecule has 0 amide bonds. The van der Waals surface area contributed by atoms with Crippen molar-refractivity contribution in [1.29, 1.82) is 0 Å². The number of nitrogens with zero attached hydrogens (tertiary/aromatic N) is 3. The van der Waals surface area contributed by atoms with Gasteiger partial charge in [0.05, 0.1) is 0 Å². The Bertz CT molecular complexity index is 2460. The monoisotopic (exact) mass is 575 g/mol. The third-order valence-corrected chi connectivity index (χ3v) is 8.49. The van der Waals surface area contributed by atoms with Gasteiger partial charge >= 0.3 is 0 Å². The minimum absolute atomic E-state index is 0.648. The summed E-state index contributed by atoms with van der Waals surface area (Å²) in [4.78, 5) is 14.7. The van der Waals surface area contributed by atoms with Gasteiger partial charge in [0.2, 0.25) is 0 Å². The number of benzene rings is 7. The molecular formula is C41H25N3O. The zero-order valence-corrected chi connectivity index (χ0v) is 24.2. The Morgan fingerprint density at radius 3 is 1.47 bits per heavy atom. The number of furan rings is 1. The molecule has 0 aliphatic heterocycles. The van der Waals surface area contributed by atoms with Crippen LogP contribution < -0.4 is 0 Å². The largest absolute Gasteiger partial charge is 0.456 e. The number of hydrogen-bond donors (Lipinski definition) is 0. The minimum atomic E-state index is 0.648. The molecule has 0 unspecified atom stereocenters. The van der Waals surface area contributed by atoms with Gasteiger partial charge in [-0.05, 0) is 63.0 Å². The maximum absolute atomic E-state index is 6.38. The second-order valence-corrected chi connectivity index (χ2v) is 11.3. The molecule has 0 aliphatic carbocycles. The lowest BCUT2D eigenvalue weighted by atomic mass is 9.97. The Kier molecular flexibility index (Phi) is 5.78. The Labute approximate surface area is 259 Å². The second-order valence-electron chi connectivity index (χ2n) is 11.3. The van der Waals surface area contributed by atoms with Crippen LogP contribution in [0.1, 0.15) is 0 Å². The maximum atomic E-state index is 6.38. The Hall–Kier alpha value is -6.13. The number of fused-ring (bicyclic) bond motifs is 6. The SMILES string of the molecule is c1ccc(-c2ccc3c(c2)oc2cc4ccc5cc(-c6nc(-c7ccccc7)nc(-c7ccccc7)n6)ccc5c4cc23)cc1. The lowest BCUT2D eigenvalue weighted by Crippen LogP contribution is -2.00. The molecule has 210 valence electrons. The molecule has 2 aromatic heterocycles. The predicted molar refractivity (Wildman–Crippen MR) is 184 cm³/mol. The van der Waals surface area contributed by atoms with E-state index in [-0.39, 0.29) is 0 Å². The first-order chi connectivity index (χ1) is 22.3. The van der Waals surface area contributed by atoms with E-state index in [0.29, 0.717) is 17.5 Å². The fraction of sp³-hybridized carbons (Fsp3) is 0. The van der Waals surface area contributed by atoms with Crippen LogP contribution in [0.3, 0.4) is 0 Å². The molecule has 0 fully saturated rings. The van der Waals surface area contributed by atoms with Crippen LogP contribution in [0.15, 0.2) is 156 Å². The second kappa shape index (κ2) is 10.2. The molecule has 4 heteroatoms. The molecule has 2 heterocycles. The topological polar surface area (TPSA) is 51.8 Å². The molecule has 0 atom stereocenters. The highest BCUT2D eigenvalue weighted by Crippen LogP contribution is 2.37. The lowest BCUT2D eigenvalue weighted by molar-refractivity contribution is 0.669. The number of hydrogen-bond acceptors (Lipinski definition) is 4. The quantitative estimate of drug-likeness (QED) is 0.196. The van der Waals surface area contributed by atoms with Crippen molar-refractivity contribution in [2.45, 2.75) is 0 Å². The van der Waals surface area contributed by atoms with Gasteiger partial charge in [0.15, 0.2) is 17.5 Å². The summed E-state index contributed by atoms with van der Waals surface area (Å²) in [6.07, 6.45) is 0. The Morgan fingerprint density at radius 2 is 0.822 bits per heavy atom. The highest BCUT2D eigenvalue weighted by atomic mass is 16.3. The van der Waals surface area contributed by atoms with Gasteiger partial charge < -0.3 is 4.42 Å². The van der Waals surface area contributed by atoms with Crippen LogP contribution in [-0.4, -0.2) is 15.0 Å². The van der Waals surface area contributed by atoms with E-state index in [1.165, 1.54) is 16.3 Å². The normalized spacial score (nSPS) is 11.6. The van der Waals surface area contributed by atoms with E-state index >= 15 is 0 Å². The van der Waals surface area contributed by atoms with Gasteiger partial charge in [0, 0.05) is 27.5 Å². The van der Waals surface area contributed by atoms with Gasteiger partial charge in [-0.1, -0.05) is 121 Å². The summed E-state index contributed by atoms with van der Waals surface area (Å²) >= 11 is 0. The van der Waals surface area contributed by atoms with Crippen molar-refractivity contribution in [2.75, 3.05) is 0 Å². The lowest BCUT2D eigenvalue weighted by Gasteiger charge is -2.10. The summed E-state index contributed by atoms with van der Waals surface area (Å²) in [7, 11) is 0. The van der Waals surface area contributed by atoms with Crippen molar-refractivity contribution < 1.29 is 4.42 Å². The highest BCUT2D eigenvalue weighted by molar-refractivity contribution is 6.17. The molecule has 0 radical (unpaired) electrons. The molecule has 0 bridgehead atoms.